The lowest BCUT2D eigenvalue weighted by atomic mass is 10.5. The van der Waals surface area contributed by atoms with E-state index in [-0.39, 0.29) is 35.7 Å². The minimum atomic E-state index is -3.84. The quantitative estimate of drug-likeness (QED) is 0.676. The zero-order chi connectivity index (χ0) is 16.0. The summed E-state index contributed by atoms with van der Waals surface area (Å²) in [5.74, 6) is -0.324. The van der Waals surface area contributed by atoms with Gasteiger partial charge in [0.15, 0.2) is 0 Å². The Morgan fingerprint density at radius 1 is 1.43 bits per heavy atom. The Labute approximate surface area is 129 Å². The maximum absolute atomic E-state index is 12.6. The van der Waals surface area contributed by atoms with Gasteiger partial charge < -0.3 is 9.64 Å². The van der Waals surface area contributed by atoms with Gasteiger partial charge in [0.1, 0.15) is 5.15 Å². The van der Waals surface area contributed by atoms with Crippen LogP contribution >= 0.6 is 11.6 Å². The molecule has 0 saturated carbocycles. The summed E-state index contributed by atoms with van der Waals surface area (Å²) >= 11 is 5.72. The molecule has 1 aromatic heterocycles. The van der Waals surface area contributed by atoms with E-state index in [1.165, 1.54) is 30.3 Å². The number of carbonyl (C=O) groups excluding carboxylic acids is 1. The molecule has 0 aliphatic carbocycles. The standard InChI is InChI=1S/C12H18ClN3O4S/c1-15(2)12(17)9-16(6-7-20-3)21(18,19)10-4-5-14-11(13)8-10/h4-5,8H,6-7,9H2,1-3H3. The molecule has 0 unspecified atom stereocenters. The predicted molar refractivity (Wildman–Crippen MR) is 78.6 cm³/mol. The van der Waals surface area contributed by atoms with Crippen LogP contribution in [0.15, 0.2) is 23.2 Å². The summed E-state index contributed by atoms with van der Waals surface area (Å²) < 4.78 is 31.1. The second kappa shape index (κ2) is 7.69. The van der Waals surface area contributed by atoms with Gasteiger partial charge in [-0.1, -0.05) is 11.6 Å². The Balaban J connectivity index is 3.08. The van der Waals surface area contributed by atoms with E-state index in [9.17, 15) is 13.2 Å². The molecule has 1 rings (SSSR count). The van der Waals surface area contributed by atoms with Crippen LogP contribution in [0.5, 0.6) is 0 Å². The molecule has 0 atom stereocenters. The molecule has 1 heterocycles. The van der Waals surface area contributed by atoms with Gasteiger partial charge in [0, 0.05) is 33.9 Å². The van der Waals surface area contributed by atoms with E-state index in [1.807, 2.05) is 0 Å². The number of hydrogen-bond acceptors (Lipinski definition) is 5. The second-order valence-corrected chi connectivity index (χ2v) is 6.76. The number of rotatable bonds is 7. The van der Waals surface area contributed by atoms with Crippen molar-refractivity contribution in [3.05, 3.63) is 23.5 Å². The van der Waals surface area contributed by atoms with E-state index in [0.29, 0.717) is 0 Å². The summed E-state index contributed by atoms with van der Waals surface area (Å²) in [6.07, 6.45) is 1.30. The molecular weight excluding hydrogens is 318 g/mol. The average Bonchev–Trinajstić information content (AvgIpc) is 2.42. The Kier molecular flexibility index (Phi) is 6.53. The largest absolute Gasteiger partial charge is 0.383 e. The van der Waals surface area contributed by atoms with Gasteiger partial charge in [-0.3, -0.25) is 4.79 Å². The number of sulfonamides is 1. The van der Waals surface area contributed by atoms with Crippen LogP contribution in [0.2, 0.25) is 5.15 Å². The van der Waals surface area contributed by atoms with Gasteiger partial charge in [-0.25, -0.2) is 13.4 Å². The number of carbonyl (C=O) groups is 1. The molecule has 0 aromatic carbocycles. The lowest BCUT2D eigenvalue weighted by Crippen LogP contribution is -2.41. The smallest absolute Gasteiger partial charge is 0.243 e. The van der Waals surface area contributed by atoms with Crippen molar-refractivity contribution in [1.29, 1.82) is 0 Å². The van der Waals surface area contributed by atoms with Gasteiger partial charge in [0.05, 0.1) is 18.0 Å². The van der Waals surface area contributed by atoms with Gasteiger partial charge in [0.2, 0.25) is 15.9 Å². The van der Waals surface area contributed by atoms with Crippen LogP contribution in [0.25, 0.3) is 0 Å². The summed E-state index contributed by atoms with van der Waals surface area (Å²) in [5, 5.41) is 0.0710. The first kappa shape index (κ1) is 17.8. The van der Waals surface area contributed by atoms with E-state index in [4.69, 9.17) is 16.3 Å². The summed E-state index contributed by atoms with van der Waals surface area (Å²) in [6, 6.07) is 2.58. The highest BCUT2D eigenvalue weighted by atomic mass is 35.5. The fourth-order valence-electron chi connectivity index (χ4n) is 1.46. The first-order valence-corrected chi connectivity index (χ1v) is 7.91. The molecule has 0 radical (unpaired) electrons. The highest BCUT2D eigenvalue weighted by Gasteiger charge is 2.27. The fourth-order valence-corrected chi connectivity index (χ4v) is 3.09. The highest BCUT2D eigenvalue weighted by molar-refractivity contribution is 7.89. The number of aromatic nitrogens is 1. The SMILES string of the molecule is COCCN(CC(=O)N(C)C)S(=O)(=O)c1ccnc(Cl)c1. The van der Waals surface area contributed by atoms with Crippen molar-refractivity contribution in [3.8, 4) is 0 Å². The molecule has 1 amide bonds. The lowest BCUT2D eigenvalue weighted by Gasteiger charge is -2.23. The summed E-state index contributed by atoms with van der Waals surface area (Å²) in [4.78, 5) is 16.9. The number of likely N-dealkylation sites (N-methyl/N-ethyl adjacent to an activating group) is 1. The number of hydrogen-bond donors (Lipinski definition) is 0. The Morgan fingerprint density at radius 2 is 2.10 bits per heavy atom. The third-order valence-corrected chi connectivity index (χ3v) is 4.74. The maximum atomic E-state index is 12.6. The number of pyridine rings is 1. The zero-order valence-corrected chi connectivity index (χ0v) is 13.7. The Morgan fingerprint density at radius 3 is 2.62 bits per heavy atom. The van der Waals surface area contributed by atoms with Gasteiger partial charge in [-0.2, -0.15) is 4.31 Å². The number of methoxy groups -OCH3 is 1. The molecule has 1 aromatic rings. The molecular formula is C12H18ClN3O4S. The summed E-state index contributed by atoms with van der Waals surface area (Å²) in [6.45, 7) is -0.0181. The van der Waals surface area contributed by atoms with Gasteiger partial charge in [-0.05, 0) is 12.1 Å². The van der Waals surface area contributed by atoms with E-state index in [2.05, 4.69) is 4.98 Å². The van der Waals surface area contributed by atoms with Crippen LogP contribution in [0.4, 0.5) is 0 Å². The molecule has 21 heavy (non-hydrogen) atoms. The van der Waals surface area contributed by atoms with E-state index < -0.39 is 10.0 Å². The van der Waals surface area contributed by atoms with Crippen LogP contribution in [0.1, 0.15) is 0 Å². The van der Waals surface area contributed by atoms with Crippen LogP contribution in [-0.4, -0.2) is 69.4 Å². The molecule has 9 heteroatoms. The topological polar surface area (TPSA) is 79.8 Å². The first-order valence-electron chi connectivity index (χ1n) is 6.10. The van der Waals surface area contributed by atoms with Crippen LogP contribution in [0.3, 0.4) is 0 Å². The third kappa shape index (κ3) is 4.92. The molecule has 0 saturated heterocycles. The van der Waals surface area contributed by atoms with Gasteiger partial charge in [-0.15, -0.1) is 0 Å². The Bertz CT molecular complexity index is 592. The van der Waals surface area contributed by atoms with Crippen molar-refractivity contribution >= 4 is 27.5 Å². The molecule has 0 bridgehead atoms. The molecule has 0 fully saturated rings. The number of halogens is 1. The predicted octanol–water partition coefficient (Wildman–Crippen LogP) is 0.460. The first-order chi connectivity index (χ1) is 9.78. The van der Waals surface area contributed by atoms with E-state index in [0.717, 1.165) is 4.31 Å². The Hall–Kier alpha value is -1.22. The molecule has 0 spiro atoms. The molecule has 0 aliphatic heterocycles. The minimum Gasteiger partial charge on any atom is -0.383 e. The lowest BCUT2D eigenvalue weighted by molar-refractivity contribution is -0.128. The molecule has 118 valence electrons. The third-order valence-electron chi connectivity index (χ3n) is 2.69. The van der Waals surface area contributed by atoms with E-state index >= 15 is 0 Å². The molecule has 0 aliphatic rings. The number of ether oxygens (including phenoxy) is 1. The zero-order valence-electron chi connectivity index (χ0n) is 12.1. The highest BCUT2D eigenvalue weighted by Crippen LogP contribution is 2.18. The number of nitrogens with zero attached hydrogens (tertiary/aromatic N) is 3. The van der Waals surface area contributed by atoms with Gasteiger partial charge in [0.25, 0.3) is 0 Å². The molecule has 0 N–H and O–H groups in total. The van der Waals surface area contributed by atoms with Gasteiger partial charge >= 0.3 is 0 Å². The minimum absolute atomic E-state index is 0.00911. The van der Waals surface area contributed by atoms with Crippen LogP contribution in [0, 0.1) is 0 Å². The van der Waals surface area contributed by atoms with E-state index in [1.54, 1.807) is 14.1 Å². The van der Waals surface area contributed by atoms with Crippen molar-refractivity contribution in [2.75, 3.05) is 40.9 Å². The maximum Gasteiger partial charge on any atom is 0.243 e. The average molecular weight is 336 g/mol. The van der Waals surface area contributed by atoms with Crippen molar-refractivity contribution in [2.24, 2.45) is 0 Å². The normalized spacial score (nSPS) is 11.7. The van der Waals surface area contributed by atoms with Crippen LogP contribution in [-0.2, 0) is 19.6 Å². The summed E-state index contributed by atoms with van der Waals surface area (Å²) in [5.41, 5.74) is 0. The van der Waals surface area contributed by atoms with Crippen molar-refractivity contribution in [2.45, 2.75) is 4.90 Å². The van der Waals surface area contributed by atoms with Crippen LogP contribution < -0.4 is 0 Å². The second-order valence-electron chi connectivity index (χ2n) is 4.43. The van der Waals surface area contributed by atoms with Crippen molar-refractivity contribution in [3.63, 3.8) is 0 Å². The number of amides is 1. The summed E-state index contributed by atoms with van der Waals surface area (Å²) in [7, 11) is 0.742. The monoisotopic (exact) mass is 335 g/mol. The van der Waals surface area contributed by atoms with Crippen molar-refractivity contribution in [1.82, 2.24) is 14.2 Å². The molecule has 7 nitrogen and oxygen atoms in total. The van der Waals surface area contributed by atoms with Crippen molar-refractivity contribution < 1.29 is 17.9 Å². The fraction of sp³-hybridized carbons (Fsp3) is 0.500.